The number of Topliss-reactive ketones (excluding diaryl/α,β-unsaturated/α-hetero) is 2. The van der Waals surface area contributed by atoms with Crippen LogP contribution in [0.4, 0.5) is 0 Å². The minimum atomic E-state index is 0.100. The third-order valence-electron chi connectivity index (χ3n) is 6.43. The van der Waals surface area contributed by atoms with E-state index in [9.17, 15) is 9.59 Å². The molecule has 4 heteroatoms. The van der Waals surface area contributed by atoms with E-state index in [1.165, 1.54) is 16.7 Å². The van der Waals surface area contributed by atoms with Crippen LogP contribution in [-0.2, 0) is 22.4 Å². The number of hydrogen-bond acceptors (Lipinski definition) is 4. The van der Waals surface area contributed by atoms with Crippen LogP contribution in [0, 0.1) is 0 Å². The van der Waals surface area contributed by atoms with E-state index in [0.717, 1.165) is 61.2 Å². The second kappa shape index (κ2) is 11.1. The SMILES string of the molecule is CC=C1C(=O)CCCc2cc(OC)ccc21.CCC1C(=O)CCCc2cc(OC)ccc21. The van der Waals surface area contributed by atoms with Crippen LogP contribution in [0.25, 0.3) is 5.57 Å². The fraction of sp³-hybridized carbons (Fsp3) is 0.429. The average Bonchev–Trinajstić information content (AvgIpc) is 3.07. The monoisotopic (exact) mass is 434 g/mol. The van der Waals surface area contributed by atoms with Crippen LogP contribution >= 0.6 is 0 Å². The summed E-state index contributed by atoms with van der Waals surface area (Å²) in [5, 5.41) is 0. The minimum absolute atomic E-state index is 0.100. The lowest BCUT2D eigenvalue weighted by atomic mass is 9.89. The maximum absolute atomic E-state index is 11.9. The zero-order valence-electron chi connectivity index (χ0n) is 19.7. The fourth-order valence-corrected chi connectivity index (χ4v) is 4.72. The average molecular weight is 435 g/mol. The van der Waals surface area contributed by atoms with Gasteiger partial charge >= 0.3 is 0 Å². The van der Waals surface area contributed by atoms with Crippen molar-refractivity contribution in [1.29, 1.82) is 0 Å². The van der Waals surface area contributed by atoms with Gasteiger partial charge in [-0.1, -0.05) is 25.1 Å². The summed E-state index contributed by atoms with van der Waals surface area (Å²) in [6.07, 6.45) is 8.03. The lowest BCUT2D eigenvalue weighted by molar-refractivity contribution is -0.120. The second-order valence-corrected chi connectivity index (χ2v) is 8.35. The van der Waals surface area contributed by atoms with E-state index in [4.69, 9.17) is 9.47 Å². The number of aryl methyl sites for hydroxylation is 2. The van der Waals surface area contributed by atoms with Gasteiger partial charge < -0.3 is 9.47 Å². The maximum atomic E-state index is 11.9. The lowest BCUT2D eigenvalue weighted by Crippen LogP contribution is -2.10. The van der Waals surface area contributed by atoms with Crippen molar-refractivity contribution >= 4 is 17.1 Å². The Bertz CT molecular complexity index is 1000. The standard InChI is InChI=1S/C14H18O2.C14H16O2/c2*1-3-12-13-8-7-11(16-2)9-10(13)5-4-6-14(12)15/h7-9,12H,3-6H2,1-2H3;3,7-9H,4-6H2,1-2H3. The van der Waals surface area contributed by atoms with Crippen molar-refractivity contribution in [2.75, 3.05) is 14.2 Å². The Morgan fingerprint density at radius 3 is 2.16 bits per heavy atom. The van der Waals surface area contributed by atoms with Crippen molar-refractivity contribution in [3.05, 3.63) is 64.7 Å². The van der Waals surface area contributed by atoms with Crippen molar-refractivity contribution in [2.45, 2.75) is 64.7 Å². The Morgan fingerprint density at radius 1 is 0.875 bits per heavy atom. The largest absolute Gasteiger partial charge is 0.497 e. The summed E-state index contributed by atoms with van der Waals surface area (Å²) in [6, 6.07) is 12.0. The highest BCUT2D eigenvalue weighted by molar-refractivity contribution is 6.21. The van der Waals surface area contributed by atoms with E-state index in [2.05, 4.69) is 19.1 Å². The van der Waals surface area contributed by atoms with Crippen molar-refractivity contribution in [3.8, 4) is 11.5 Å². The maximum Gasteiger partial charge on any atom is 0.163 e. The van der Waals surface area contributed by atoms with Crippen LogP contribution in [0.1, 0.15) is 74.1 Å². The van der Waals surface area contributed by atoms with Crippen molar-refractivity contribution < 1.29 is 19.1 Å². The number of fused-ring (bicyclic) bond motifs is 2. The molecule has 0 amide bonds. The van der Waals surface area contributed by atoms with Crippen LogP contribution in [0.2, 0.25) is 0 Å². The van der Waals surface area contributed by atoms with Crippen LogP contribution in [0.15, 0.2) is 42.5 Å². The van der Waals surface area contributed by atoms with Crippen LogP contribution in [0.5, 0.6) is 11.5 Å². The number of rotatable bonds is 3. The van der Waals surface area contributed by atoms with Crippen molar-refractivity contribution in [1.82, 2.24) is 0 Å². The van der Waals surface area contributed by atoms with E-state index in [1.807, 2.05) is 37.3 Å². The molecule has 32 heavy (non-hydrogen) atoms. The molecule has 2 aliphatic carbocycles. The molecule has 0 aromatic heterocycles. The highest BCUT2D eigenvalue weighted by Crippen LogP contribution is 2.33. The molecule has 2 aliphatic rings. The molecule has 0 aliphatic heterocycles. The highest BCUT2D eigenvalue weighted by atomic mass is 16.5. The first kappa shape index (κ1) is 23.8. The van der Waals surface area contributed by atoms with Gasteiger partial charge in [-0.25, -0.2) is 0 Å². The van der Waals surface area contributed by atoms with Gasteiger partial charge in [0.15, 0.2) is 5.78 Å². The first-order valence-electron chi connectivity index (χ1n) is 11.6. The van der Waals surface area contributed by atoms with Crippen LogP contribution in [0.3, 0.4) is 0 Å². The topological polar surface area (TPSA) is 52.6 Å². The van der Waals surface area contributed by atoms with Gasteiger partial charge in [0, 0.05) is 24.3 Å². The number of carbonyl (C=O) groups is 2. The Morgan fingerprint density at radius 2 is 1.50 bits per heavy atom. The van der Waals surface area contributed by atoms with Gasteiger partial charge in [-0.05, 0) is 85.5 Å². The van der Waals surface area contributed by atoms with Gasteiger partial charge in [-0.15, -0.1) is 0 Å². The molecule has 0 heterocycles. The Kier molecular flexibility index (Phi) is 8.26. The summed E-state index contributed by atoms with van der Waals surface area (Å²) in [5.74, 6) is 2.51. The molecule has 0 saturated heterocycles. The molecule has 0 saturated carbocycles. The Hall–Kier alpha value is -2.88. The summed E-state index contributed by atoms with van der Waals surface area (Å²) in [7, 11) is 3.35. The predicted octanol–water partition coefficient (Wildman–Crippen LogP) is 6.10. The Balaban J connectivity index is 0.000000181. The molecular weight excluding hydrogens is 400 g/mol. The number of carbonyl (C=O) groups excluding carboxylic acids is 2. The van der Waals surface area contributed by atoms with Crippen molar-refractivity contribution in [2.24, 2.45) is 0 Å². The number of ether oxygens (including phenoxy) is 2. The number of hydrogen-bond donors (Lipinski definition) is 0. The van der Waals surface area contributed by atoms with E-state index in [0.29, 0.717) is 12.2 Å². The molecular formula is C28H34O4. The quantitative estimate of drug-likeness (QED) is 0.433. The third kappa shape index (κ3) is 5.29. The molecule has 2 aromatic carbocycles. The molecule has 0 fully saturated rings. The van der Waals surface area contributed by atoms with E-state index < -0.39 is 0 Å². The lowest BCUT2D eigenvalue weighted by Gasteiger charge is -2.15. The first-order valence-corrected chi connectivity index (χ1v) is 11.6. The first-order chi connectivity index (χ1) is 15.5. The predicted molar refractivity (Wildman–Crippen MR) is 129 cm³/mol. The smallest absolute Gasteiger partial charge is 0.163 e. The van der Waals surface area contributed by atoms with Gasteiger partial charge in [-0.3, -0.25) is 9.59 Å². The fourth-order valence-electron chi connectivity index (χ4n) is 4.72. The van der Waals surface area contributed by atoms with E-state index in [-0.39, 0.29) is 11.7 Å². The summed E-state index contributed by atoms with van der Waals surface area (Å²) in [4.78, 5) is 23.8. The molecule has 1 unspecified atom stereocenters. The van der Waals surface area contributed by atoms with Crippen molar-refractivity contribution in [3.63, 3.8) is 0 Å². The minimum Gasteiger partial charge on any atom is -0.497 e. The van der Waals surface area contributed by atoms with Gasteiger partial charge in [0.05, 0.1) is 14.2 Å². The van der Waals surface area contributed by atoms with Gasteiger partial charge in [0.2, 0.25) is 0 Å². The molecule has 1 atom stereocenters. The summed E-state index contributed by atoms with van der Waals surface area (Å²) < 4.78 is 10.4. The van der Waals surface area contributed by atoms with Gasteiger partial charge in [0.25, 0.3) is 0 Å². The number of allylic oxidation sites excluding steroid dienone is 2. The Labute approximate surface area is 191 Å². The molecule has 170 valence electrons. The normalized spacial score (nSPS) is 19.1. The molecule has 0 spiro atoms. The number of methoxy groups -OCH3 is 2. The molecule has 4 nitrogen and oxygen atoms in total. The summed E-state index contributed by atoms with van der Waals surface area (Å²) >= 11 is 0. The summed E-state index contributed by atoms with van der Waals surface area (Å²) in [5.41, 5.74) is 5.65. The molecule has 2 aromatic rings. The third-order valence-corrected chi connectivity index (χ3v) is 6.43. The number of ketones is 2. The number of benzene rings is 2. The van der Waals surface area contributed by atoms with Gasteiger partial charge in [-0.2, -0.15) is 0 Å². The summed E-state index contributed by atoms with van der Waals surface area (Å²) in [6.45, 7) is 4.01. The molecule has 4 rings (SSSR count). The van der Waals surface area contributed by atoms with E-state index >= 15 is 0 Å². The molecule has 0 N–H and O–H groups in total. The zero-order valence-corrected chi connectivity index (χ0v) is 19.7. The molecule has 0 radical (unpaired) electrons. The zero-order chi connectivity index (χ0) is 23.1. The van der Waals surface area contributed by atoms with Gasteiger partial charge in [0.1, 0.15) is 17.3 Å². The van der Waals surface area contributed by atoms with E-state index in [1.54, 1.807) is 14.2 Å². The second-order valence-electron chi connectivity index (χ2n) is 8.35. The van der Waals surface area contributed by atoms with Crippen LogP contribution < -0.4 is 9.47 Å². The highest BCUT2D eigenvalue weighted by Gasteiger charge is 2.24. The van der Waals surface area contributed by atoms with Crippen LogP contribution in [-0.4, -0.2) is 25.8 Å². The molecule has 0 bridgehead atoms.